The maximum atomic E-state index is 6.43. The molecule has 1 aromatic heterocycles. The van der Waals surface area contributed by atoms with Crippen LogP contribution in [0.25, 0.3) is 0 Å². The first-order chi connectivity index (χ1) is 9.81. The first-order valence-corrected chi connectivity index (χ1v) is 8.67. The van der Waals surface area contributed by atoms with E-state index in [2.05, 4.69) is 11.5 Å². The standard InChI is InChI=1S/C17H29N3/c1-2-3-4-5-10-15-16(18)20(14-11-12-14)17(19-15)13-8-6-7-9-13/h13-14H,2-12,18H2,1H3. The molecule has 3 nitrogen and oxygen atoms in total. The molecular formula is C17H29N3. The van der Waals surface area contributed by atoms with Gasteiger partial charge in [-0.25, -0.2) is 4.98 Å². The van der Waals surface area contributed by atoms with Crippen molar-refractivity contribution in [2.75, 3.05) is 5.73 Å². The lowest BCUT2D eigenvalue weighted by atomic mass is 10.1. The SMILES string of the molecule is CCCCCCc1nc(C2CCCC2)n(C2CC2)c1N. The van der Waals surface area contributed by atoms with Crippen molar-refractivity contribution in [1.82, 2.24) is 9.55 Å². The van der Waals surface area contributed by atoms with E-state index in [9.17, 15) is 0 Å². The summed E-state index contributed by atoms with van der Waals surface area (Å²) >= 11 is 0. The molecule has 1 aromatic rings. The summed E-state index contributed by atoms with van der Waals surface area (Å²) in [5, 5.41) is 0. The monoisotopic (exact) mass is 275 g/mol. The van der Waals surface area contributed by atoms with Crippen molar-refractivity contribution in [3.63, 3.8) is 0 Å². The summed E-state index contributed by atoms with van der Waals surface area (Å²) in [5.74, 6) is 3.00. The smallest absolute Gasteiger partial charge is 0.127 e. The third-order valence-electron chi connectivity index (χ3n) is 4.95. The fourth-order valence-corrected chi connectivity index (χ4v) is 3.60. The van der Waals surface area contributed by atoms with Gasteiger partial charge >= 0.3 is 0 Å². The zero-order valence-electron chi connectivity index (χ0n) is 12.9. The molecule has 0 aliphatic heterocycles. The van der Waals surface area contributed by atoms with Crippen molar-refractivity contribution < 1.29 is 0 Å². The average molecular weight is 275 g/mol. The fraction of sp³-hybridized carbons (Fsp3) is 0.824. The van der Waals surface area contributed by atoms with Gasteiger partial charge in [0.1, 0.15) is 11.6 Å². The number of hydrogen-bond donors (Lipinski definition) is 1. The predicted molar refractivity (Wildman–Crippen MR) is 84.0 cm³/mol. The van der Waals surface area contributed by atoms with E-state index in [-0.39, 0.29) is 0 Å². The van der Waals surface area contributed by atoms with Crippen LogP contribution in [0.1, 0.15) is 94.6 Å². The number of nitrogen functional groups attached to an aromatic ring is 1. The van der Waals surface area contributed by atoms with E-state index >= 15 is 0 Å². The van der Waals surface area contributed by atoms with Gasteiger partial charge in [-0.2, -0.15) is 0 Å². The van der Waals surface area contributed by atoms with Crippen LogP contribution in [0.3, 0.4) is 0 Å². The molecule has 2 aliphatic rings. The highest BCUT2D eigenvalue weighted by Crippen LogP contribution is 2.43. The first kappa shape index (κ1) is 14.0. The Balaban J connectivity index is 1.74. The molecular weight excluding hydrogens is 246 g/mol. The molecule has 0 aromatic carbocycles. The first-order valence-electron chi connectivity index (χ1n) is 8.67. The Morgan fingerprint density at radius 2 is 1.85 bits per heavy atom. The lowest BCUT2D eigenvalue weighted by molar-refractivity contribution is 0.595. The minimum Gasteiger partial charge on any atom is -0.384 e. The number of hydrogen-bond acceptors (Lipinski definition) is 2. The van der Waals surface area contributed by atoms with Crippen LogP contribution in [0.2, 0.25) is 0 Å². The summed E-state index contributed by atoms with van der Waals surface area (Å²) in [4.78, 5) is 4.99. The second-order valence-electron chi connectivity index (χ2n) is 6.70. The zero-order chi connectivity index (χ0) is 13.9. The molecule has 112 valence electrons. The summed E-state index contributed by atoms with van der Waals surface area (Å²) < 4.78 is 2.41. The third kappa shape index (κ3) is 2.87. The van der Waals surface area contributed by atoms with Crippen LogP contribution < -0.4 is 5.73 Å². The van der Waals surface area contributed by atoms with Crippen LogP contribution in [0.5, 0.6) is 0 Å². The maximum absolute atomic E-state index is 6.43. The molecule has 0 radical (unpaired) electrons. The molecule has 0 bridgehead atoms. The van der Waals surface area contributed by atoms with Crippen LogP contribution in [0.15, 0.2) is 0 Å². The second-order valence-corrected chi connectivity index (χ2v) is 6.70. The molecule has 2 aliphatic carbocycles. The quantitative estimate of drug-likeness (QED) is 0.740. The molecule has 0 atom stereocenters. The average Bonchev–Trinajstić information content (AvgIpc) is 3.02. The van der Waals surface area contributed by atoms with Gasteiger partial charge < -0.3 is 10.3 Å². The van der Waals surface area contributed by atoms with Gasteiger partial charge in [0.2, 0.25) is 0 Å². The largest absolute Gasteiger partial charge is 0.384 e. The van der Waals surface area contributed by atoms with Gasteiger partial charge in [0.15, 0.2) is 0 Å². The molecule has 0 amide bonds. The zero-order valence-corrected chi connectivity index (χ0v) is 12.9. The van der Waals surface area contributed by atoms with Gasteiger partial charge in [-0.05, 0) is 38.5 Å². The van der Waals surface area contributed by atoms with Gasteiger partial charge in [0, 0.05) is 12.0 Å². The molecule has 0 saturated heterocycles. The van der Waals surface area contributed by atoms with Crippen molar-refractivity contribution >= 4 is 5.82 Å². The van der Waals surface area contributed by atoms with Crippen LogP contribution >= 0.6 is 0 Å². The topological polar surface area (TPSA) is 43.8 Å². The number of nitrogens with two attached hydrogens (primary N) is 1. The van der Waals surface area contributed by atoms with Gasteiger partial charge in [0.05, 0.1) is 5.69 Å². The van der Waals surface area contributed by atoms with Crippen LogP contribution in [-0.2, 0) is 6.42 Å². The number of aryl methyl sites for hydroxylation is 1. The van der Waals surface area contributed by atoms with E-state index < -0.39 is 0 Å². The second kappa shape index (κ2) is 6.19. The predicted octanol–water partition coefficient (Wildman–Crippen LogP) is 4.58. The highest BCUT2D eigenvalue weighted by atomic mass is 15.2. The number of unbranched alkanes of at least 4 members (excludes halogenated alkanes) is 3. The van der Waals surface area contributed by atoms with E-state index in [1.165, 1.54) is 75.7 Å². The van der Waals surface area contributed by atoms with Crippen LogP contribution in [-0.4, -0.2) is 9.55 Å². The molecule has 2 fully saturated rings. The molecule has 0 spiro atoms. The molecule has 0 unspecified atom stereocenters. The highest BCUT2D eigenvalue weighted by molar-refractivity contribution is 5.40. The van der Waals surface area contributed by atoms with Crippen molar-refractivity contribution in [3.05, 3.63) is 11.5 Å². The normalized spacial score (nSPS) is 19.9. The van der Waals surface area contributed by atoms with Crippen molar-refractivity contribution in [3.8, 4) is 0 Å². The molecule has 1 heterocycles. The minimum atomic E-state index is 0.669. The van der Waals surface area contributed by atoms with E-state index in [0.29, 0.717) is 12.0 Å². The van der Waals surface area contributed by atoms with E-state index in [1.807, 2.05) is 0 Å². The van der Waals surface area contributed by atoms with E-state index in [4.69, 9.17) is 10.7 Å². The van der Waals surface area contributed by atoms with Crippen LogP contribution in [0.4, 0.5) is 5.82 Å². The summed E-state index contributed by atoms with van der Waals surface area (Å²) in [6, 6.07) is 0.669. The number of imidazole rings is 1. The van der Waals surface area contributed by atoms with Crippen molar-refractivity contribution in [2.24, 2.45) is 0 Å². The van der Waals surface area contributed by atoms with Gasteiger partial charge in [0.25, 0.3) is 0 Å². The molecule has 3 rings (SSSR count). The summed E-state index contributed by atoms with van der Waals surface area (Å²) in [7, 11) is 0. The van der Waals surface area contributed by atoms with Crippen molar-refractivity contribution in [1.29, 1.82) is 0 Å². The maximum Gasteiger partial charge on any atom is 0.127 e. The molecule has 2 saturated carbocycles. The Morgan fingerprint density at radius 1 is 1.10 bits per heavy atom. The summed E-state index contributed by atoms with van der Waals surface area (Å²) in [5.41, 5.74) is 7.62. The molecule has 3 heteroatoms. The van der Waals surface area contributed by atoms with E-state index in [0.717, 1.165) is 12.2 Å². The van der Waals surface area contributed by atoms with E-state index in [1.54, 1.807) is 0 Å². The molecule has 20 heavy (non-hydrogen) atoms. The Labute approximate surface area is 123 Å². The lowest BCUT2D eigenvalue weighted by Crippen LogP contribution is -2.08. The van der Waals surface area contributed by atoms with Crippen LogP contribution in [0, 0.1) is 0 Å². The fourth-order valence-electron chi connectivity index (χ4n) is 3.60. The minimum absolute atomic E-state index is 0.669. The highest BCUT2D eigenvalue weighted by Gasteiger charge is 2.33. The third-order valence-corrected chi connectivity index (χ3v) is 4.95. The Kier molecular flexibility index (Phi) is 4.32. The number of aromatic nitrogens is 2. The molecule has 2 N–H and O–H groups in total. The summed E-state index contributed by atoms with van der Waals surface area (Å²) in [6.07, 6.45) is 14.2. The van der Waals surface area contributed by atoms with Gasteiger partial charge in [-0.3, -0.25) is 0 Å². The Morgan fingerprint density at radius 3 is 2.50 bits per heavy atom. The number of rotatable bonds is 7. The lowest BCUT2D eigenvalue weighted by Gasteiger charge is -2.12. The van der Waals surface area contributed by atoms with Crippen molar-refractivity contribution in [2.45, 2.75) is 89.5 Å². The number of nitrogens with zero attached hydrogens (tertiary/aromatic N) is 2. The Bertz CT molecular complexity index is 439. The summed E-state index contributed by atoms with van der Waals surface area (Å²) in [6.45, 7) is 2.26. The van der Waals surface area contributed by atoms with Gasteiger partial charge in [-0.1, -0.05) is 39.0 Å². The number of anilines is 1. The Hall–Kier alpha value is -0.990. The van der Waals surface area contributed by atoms with Gasteiger partial charge in [-0.15, -0.1) is 0 Å².